The molecule has 5 aliphatic heterocycles. The van der Waals surface area contributed by atoms with E-state index in [1.54, 1.807) is 25.1 Å². The molecule has 7 amide bonds. The number of benzene rings is 6. The molecule has 1 aromatic heterocycles. The number of nitrogens with two attached hydrogens (primary N) is 2. The van der Waals surface area contributed by atoms with Gasteiger partial charge in [-0.3, -0.25) is 33.6 Å². The minimum Gasteiger partial charge on any atom is -0.508 e. The minimum absolute atomic E-state index is 0.0462. The summed E-state index contributed by atoms with van der Waals surface area (Å²) in [6.07, 6.45) is -8.38. The summed E-state index contributed by atoms with van der Waals surface area (Å²) in [6, 6.07) is 9.31. The third-order valence-electron chi connectivity index (χ3n) is 21.9. The van der Waals surface area contributed by atoms with Crippen molar-refractivity contribution in [1.29, 1.82) is 0 Å². The zero-order valence-electron chi connectivity index (χ0n) is 67.6. The van der Waals surface area contributed by atoms with Gasteiger partial charge in [0.1, 0.15) is 77.3 Å². The number of nitrogens with zero attached hydrogens (tertiary/aromatic N) is 1. The van der Waals surface area contributed by atoms with Crippen molar-refractivity contribution in [3.8, 4) is 57.1 Å². The van der Waals surface area contributed by atoms with Crippen LogP contribution in [0.2, 0.25) is 15.1 Å². The van der Waals surface area contributed by atoms with E-state index in [0.29, 0.717) is 21.4 Å². The van der Waals surface area contributed by atoms with Crippen molar-refractivity contribution >= 4 is 115 Å². The molecule has 18 atom stereocenters. The van der Waals surface area contributed by atoms with E-state index >= 15 is 9.59 Å². The molecule has 20 N–H and O–H groups in total. The number of aliphatic hydroxyl groups is 5. The van der Waals surface area contributed by atoms with Gasteiger partial charge in [-0.2, -0.15) is 0 Å². The Balaban J connectivity index is 1.07. The highest BCUT2D eigenvalue weighted by Gasteiger charge is 2.52. The van der Waals surface area contributed by atoms with Crippen molar-refractivity contribution in [2.45, 2.75) is 226 Å². The molecule has 12 rings (SSSR count). The number of halogens is 3. The number of carboxylic acids is 1. The third kappa shape index (κ3) is 22.2. The van der Waals surface area contributed by atoms with Crippen molar-refractivity contribution in [1.82, 2.24) is 42.2 Å². The van der Waals surface area contributed by atoms with E-state index in [-0.39, 0.29) is 73.9 Å². The molecular weight excluding hydrogens is 1690 g/mol. The number of thiazole rings is 1. The molecule has 6 aromatic carbocycles. The van der Waals surface area contributed by atoms with E-state index in [4.69, 9.17) is 79.7 Å². The van der Waals surface area contributed by atoms with Crippen LogP contribution in [0, 0.1) is 5.92 Å². The Morgan fingerprint density at radius 2 is 1.47 bits per heavy atom. The molecule has 658 valence electrons. The zero-order chi connectivity index (χ0) is 88.5. The number of primary amides is 2. The number of carbonyl (C=O) groups is 8. The van der Waals surface area contributed by atoms with Crippen LogP contribution in [0.4, 0.5) is 0 Å². The van der Waals surface area contributed by atoms with Crippen molar-refractivity contribution in [2.24, 2.45) is 17.4 Å². The van der Waals surface area contributed by atoms with E-state index < -0.39 is 208 Å². The van der Waals surface area contributed by atoms with Crippen molar-refractivity contribution in [3.05, 3.63) is 140 Å². The molecule has 33 nitrogen and oxygen atoms in total. The zero-order valence-corrected chi connectivity index (χ0v) is 71.5. The van der Waals surface area contributed by atoms with Crippen LogP contribution in [0.5, 0.6) is 46.0 Å². The first-order valence-corrected chi connectivity index (χ1v) is 42.9. The number of aromatic hydroxyl groups is 3. The van der Waals surface area contributed by atoms with Crippen LogP contribution in [0.1, 0.15) is 170 Å². The van der Waals surface area contributed by atoms with E-state index in [1.807, 2.05) is 20.8 Å². The first-order chi connectivity index (χ1) is 57.9. The van der Waals surface area contributed by atoms with Crippen LogP contribution < -0.4 is 62.9 Å². The lowest BCUT2D eigenvalue weighted by Crippen LogP contribution is -2.65. The summed E-state index contributed by atoms with van der Waals surface area (Å²) in [5.74, 6) is -15.2. The lowest BCUT2D eigenvalue weighted by Gasteiger charge is -2.48. The second-order valence-corrected chi connectivity index (χ2v) is 35.0. The van der Waals surface area contributed by atoms with Crippen LogP contribution in [0.3, 0.4) is 0 Å². The number of carboxylic acid groups (broad SMARTS) is 1. The number of thioether (sulfide) groups is 1. The van der Waals surface area contributed by atoms with Gasteiger partial charge in [0.25, 0.3) is 0 Å². The second kappa shape index (κ2) is 40.9. The predicted octanol–water partition coefficient (Wildman–Crippen LogP) is 8.36. The molecule has 6 heterocycles. The number of phenols is 3. The summed E-state index contributed by atoms with van der Waals surface area (Å²) >= 11 is 23.3. The number of hydrogen-bond donors (Lipinski definition) is 18. The number of hydrogen-bond acceptors (Lipinski definition) is 27. The fourth-order valence-electron chi connectivity index (χ4n) is 15.1. The van der Waals surface area contributed by atoms with Crippen molar-refractivity contribution in [2.75, 3.05) is 19.3 Å². The van der Waals surface area contributed by atoms with Gasteiger partial charge in [-0.15, -0.1) is 11.3 Å². The first kappa shape index (κ1) is 93.3. The SMILES string of the molecule is CCCCCCCCCCNC1(C)CC(OC2C(Oc3c4cc(cc3Oc3ccc([C@@H](O)[C@@H](NC(=O)[C@@H](CC(C)C)NC)C(=O)N[C@@H](CC(N)=O)C(N)=O)cc3Cl)[C@@H](C)C(=O)N[C@H]3C(=O)NC(C(=O)N[C@@H](C(=O)O)c5cc(O)cc(O)c5-c5cc3ccc5O)[C@H](O)c3ccc(c(Cl)c3)O4)OC(CSc3nc4cc(Cl)ccc4s3)C(O)C2O)OC(C)C1O. The Morgan fingerprint density at radius 3 is 2.15 bits per heavy atom. The number of aliphatic carboxylic acids is 1. The Labute approximate surface area is 725 Å². The molecular formula is C84H101Cl3N10O23S2. The number of amides is 7. The summed E-state index contributed by atoms with van der Waals surface area (Å²) in [7, 11) is 1.50. The fraction of sp³-hybridized carbons (Fsp3) is 0.464. The van der Waals surface area contributed by atoms with Crippen LogP contribution in [0.15, 0.2) is 101 Å². The number of phenolic OH excluding ortho intramolecular Hbond substituents is 3. The number of ether oxygens (including phenoxy) is 6. The van der Waals surface area contributed by atoms with Crippen molar-refractivity contribution < 1.29 is 113 Å². The summed E-state index contributed by atoms with van der Waals surface area (Å²) < 4.78 is 42.1. The van der Waals surface area contributed by atoms with E-state index in [2.05, 4.69) is 44.1 Å². The van der Waals surface area contributed by atoms with Gasteiger partial charge in [0, 0.05) is 45.5 Å². The molecule has 38 heteroatoms. The van der Waals surface area contributed by atoms with Crippen LogP contribution in [-0.2, 0) is 52.6 Å². The van der Waals surface area contributed by atoms with Gasteiger partial charge in [-0.05, 0) is 148 Å². The highest BCUT2D eigenvalue weighted by Crippen LogP contribution is 2.51. The van der Waals surface area contributed by atoms with Gasteiger partial charge in [0.15, 0.2) is 34.3 Å². The van der Waals surface area contributed by atoms with Crippen molar-refractivity contribution in [3.63, 3.8) is 0 Å². The Hall–Kier alpha value is -9.41. The topological polar surface area (TPSA) is 523 Å². The second-order valence-electron chi connectivity index (χ2n) is 31.4. The minimum atomic E-state index is -2.18. The first-order valence-electron chi connectivity index (χ1n) is 39.9. The molecule has 0 saturated carbocycles. The van der Waals surface area contributed by atoms with Crippen LogP contribution in [-0.4, -0.2) is 197 Å². The quantitative estimate of drug-likeness (QED) is 0.0139. The highest BCUT2D eigenvalue weighted by molar-refractivity contribution is 8.01. The lowest BCUT2D eigenvalue weighted by molar-refractivity contribution is -0.330. The standard InChI is InChI=1S/C84H101Cl3N10O23S2/c1-8-9-10-11-12-13-14-15-24-91-84(6)35-62(115-39(5)74(84)106)119-73-71(105)70(104)59(36-121-83-93-50-31-44(85)19-23-60(50)122-83)118-82(73)120-72-57(116-55-21-17-41(27-48(55)86)68(102)66(96-77(109)52(90-7)25-37(2)3)79(111)92-51(75(89)107)34-61(88)101)29-43-30-58(72)117-56-22-18-42(28-49(56)87)69(103)67-80(112)95-65(81(113)114)47-32-45(98)33-54(100)63(47)46-26-40(16-20-53(46)99)64(78(110)97-67)94-76(108)38(43)4/h16-23,26-33,37-39,51-52,59,62,64-71,73-74,82,90-91,98-100,102-106H,8-15,24-25,34-36H2,1-7H3,(H2,88,101)(H2,89,107)(H,92,111)(H,94,108)(H,95,112)(H,96,109)(H,97,110)(H,113,114)/t38-,39?,51+,52-,59?,62?,64-,65-,66-,67?,68-,69-,70?,71?,73?,74?,82?,84?/m1/s1. The molecule has 8 bridgehead atoms. The number of aliphatic hydroxyl groups excluding tert-OH is 5. The summed E-state index contributed by atoms with van der Waals surface area (Å²) in [4.78, 5) is 117. The van der Waals surface area contributed by atoms with Gasteiger partial charge < -0.3 is 123 Å². The molecule has 0 aliphatic carbocycles. The van der Waals surface area contributed by atoms with E-state index in [0.717, 1.165) is 97.8 Å². The monoisotopic (exact) mass is 1790 g/mol. The van der Waals surface area contributed by atoms with Gasteiger partial charge in [0.05, 0.1) is 57.0 Å². The Kier molecular flexibility index (Phi) is 31.3. The average Bonchev–Trinajstić information content (AvgIpc) is 0.871. The molecule has 5 aliphatic rings. The number of carbonyl (C=O) groups excluding carboxylic acids is 7. The lowest BCUT2D eigenvalue weighted by atomic mass is 9.85. The molecule has 0 radical (unpaired) electrons. The highest BCUT2D eigenvalue weighted by atomic mass is 35.5. The number of rotatable bonds is 32. The van der Waals surface area contributed by atoms with Gasteiger partial charge in [-0.25, -0.2) is 9.78 Å². The fourth-order valence-corrected chi connectivity index (χ4v) is 17.9. The number of aromatic nitrogens is 1. The van der Waals surface area contributed by atoms with Gasteiger partial charge >= 0.3 is 5.97 Å². The number of nitrogens with one attached hydrogen (secondary N) is 7. The normalized spacial score (nSPS) is 24.5. The van der Waals surface area contributed by atoms with Gasteiger partial charge in [-0.1, -0.05) is 130 Å². The van der Waals surface area contributed by atoms with E-state index in [1.165, 1.54) is 74.2 Å². The van der Waals surface area contributed by atoms with E-state index in [9.17, 15) is 74.7 Å². The Bertz CT molecular complexity index is 5020. The summed E-state index contributed by atoms with van der Waals surface area (Å²) in [5.41, 5.74) is 8.60. The molecule has 7 aromatic rings. The smallest absolute Gasteiger partial charge is 0.330 e. The third-order valence-corrected chi connectivity index (χ3v) is 24.9. The number of fused-ring (bicyclic) bond motifs is 9. The number of likely N-dealkylation sites (N-methyl/N-ethyl adjacent to an activating group) is 1. The van der Waals surface area contributed by atoms with Crippen LogP contribution in [0.25, 0.3) is 21.3 Å². The maximum atomic E-state index is 15.6. The predicted molar refractivity (Wildman–Crippen MR) is 451 cm³/mol. The molecule has 122 heavy (non-hydrogen) atoms. The largest absolute Gasteiger partial charge is 0.508 e. The average molecular weight is 1790 g/mol. The maximum absolute atomic E-state index is 15.6. The molecule has 10 unspecified atom stereocenters. The molecule has 2 fully saturated rings. The molecule has 0 spiro atoms. The molecule has 2 saturated heterocycles. The van der Waals surface area contributed by atoms with Gasteiger partial charge in [0.2, 0.25) is 53.4 Å². The van der Waals surface area contributed by atoms with Crippen LogP contribution >= 0.6 is 57.9 Å². The maximum Gasteiger partial charge on any atom is 0.330 e. The number of unbranched alkanes of at least 4 members (excludes halogenated alkanes) is 7. The Morgan fingerprint density at radius 1 is 0.746 bits per heavy atom. The summed E-state index contributed by atoms with van der Waals surface area (Å²) in [6.45, 7) is 11.2. The summed E-state index contributed by atoms with van der Waals surface area (Å²) in [5, 5.41) is 125.